The molecule has 0 aliphatic heterocycles. The molecular formula is C16H21BrN2. The molecule has 1 N–H and O–H groups in total. The molecule has 4 bridgehead atoms. The zero-order chi connectivity index (χ0) is 13.0. The molecule has 19 heavy (non-hydrogen) atoms. The number of nitrogens with one attached hydrogen (secondary N) is 1. The maximum absolute atomic E-state index is 4.69. The van der Waals surface area contributed by atoms with Gasteiger partial charge in [0.25, 0.3) is 0 Å². The summed E-state index contributed by atoms with van der Waals surface area (Å²) in [6.45, 7) is 2.06. The maximum atomic E-state index is 4.69. The Morgan fingerprint density at radius 3 is 2.21 bits per heavy atom. The second kappa shape index (κ2) is 4.21. The van der Waals surface area contributed by atoms with E-state index in [-0.39, 0.29) is 0 Å². The second-order valence-electron chi connectivity index (χ2n) is 7.09. The fourth-order valence-electron chi connectivity index (χ4n) is 5.15. The highest BCUT2D eigenvalue weighted by molar-refractivity contribution is 9.10. The number of aromatic nitrogens is 1. The number of halogens is 1. The lowest BCUT2D eigenvalue weighted by Crippen LogP contribution is -2.54. The highest BCUT2D eigenvalue weighted by atomic mass is 79.9. The minimum atomic E-state index is 0.363. The summed E-state index contributed by atoms with van der Waals surface area (Å²) in [6.07, 6.45) is 8.59. The van der Waals surface area contributed by atoms with E-state index in [1.165, 1.54) is 38.5 Å². The van der Waals surface area contributed by atoms with Crippen LogP contribution in [0.5, 0.6) is 0 Å². The van der Waals surface area contributed by atoms with Crippen molar-refractivity contribution in [2.45, 2.75) is 51.0 Å². The molecule has 0 atom stereocenters. The lowest BCUT2D eigenvalue weighted by molar-refractivity contribution is 0.0105. The molecule has 0 saturated heterocycles. The third-order valence-corrected chi connectivity index (χ3v) is 6.29. The van der Waals surface area contributed by atoms with E-state index in [4.69, 9.17) is 4.98 Å². The lowest BCUT2D eigenvalue weighted by atomic mass is 9.53. The molecule has 0 aromatic carbocycles. The van der Waals surface area contributed by atoms with E-state index in [2.05, 4.69) is 40.3 Å². The van der Waals surface area contributed by atoms with Gasteiger partial charge in [0.05, 0.1) is 5.69 Å². The van der Waals surface area contributed by atoms with Gasteiger partial charge < -0.3 is 5.32 Å². The summed E-state index contributed by atoms with van der Waals surface area (Å²) in [4.78, 5) is 4.69. The molecule has 0 spiro atoms. The van der Waals surface area contributed by atoms with Gasteiger partial charge in [-0.2, -0.15) is 0 Å². The first kappa shape index (κ1) is 12.2. The molecule has 102 valence electrons. The molecule has 1 heterocycles. The van der Waals surface area contributed by atoms with Gasteiger partial charge >= 0.3 is 0 Å². The summed E-state index contributed by atoms with van der Waals surface area (Å²) >= 11 is 3.53. The van der Waals surface area contributed by atoms with Crippen molar-refractivity contribution >= 4 is 21.7 Å². The molecule has 4 aliphatic carbocycles. The smallest absolute Gasteiger partial charge is 0.126 e. The van der Waals surface area contributed by atoms with E-state index in [1.807, 2.05) is 0 Å². The van der Waals surface area contributed by atoms with E-state index in [1.54, 1.807) is 0 Å². The first-order valence-corrected chi connectivity index (χ1v) is 8.32. The first-order chi connectivity index (χ1) is 9.12. The van der Waals surface area contributed by atoms with Crippen LogP contribution in [0.25, 0.3) is 0 Å². The summed E-state index contributed by atoms with van der Waals surface area (Å²) in [5, 5.41) is 3.82. The topological polar surface area (TPSA) is 24.9 Å². The van der Waals surface area contributed by atoms with Crippen LogP contribution >= 0.6 is 15.9 Å². The van der Waals surface area contributed by atoms with Crippen molar-refractivity contribution in [3.8, 4) is 0 Å². The SMILES string of the molecule is Cc1nc(NC23CC4CC(CC(C4)C2)C3)ccc1Br. The van der Waals surface area contributed by atoms with Crippen molar-refractivity contribution in [2.75, 3.05) is 5.32 Å². The Morgan fingerprint density at radius 1 is 1.11 bits per heavy atom. The fourth-order valence-corrected chi connectivity index (χ4v) is 5.37. The van der Waals surface area contributed by atoms with Crippen LogP contribution in [-0.4, -0.2) is 10.5 Å². The Kier molecular flexibility index (Phi) is 2.70. The van der Waals surface area contributed by atoms with Gasteiger partial charge in [-0.05, 0) is 91.3 Å². The van der Waals surface area contributed by atoms with Gasteiger partial charge in [-0.1, -0.05) is 0 Å². The normalized spacial score (nSPS) is 39.6. The van der Waals surface area contributed by atoms with E-state index in [0.717, 1.165) is 33.7 Å². The van der Waals surface area contributed by atoms with Gasteiger partial charge in [-0.25, -0.2) is 4.98 Å². The third kappa shape index (κ3) is 2.10. The summed E-state index contributed by atoms with van der Waals surface area (Å²) in [5.74, 6) is 4.02. The Hall–Kier alpha value is -0.570. The van der Waals surface area contributed by atoms with Crippen LogP contribution in [0, 0.1) is 24.7 Å². The van der Waals surface area contributed by atoms with Crippen molar-refractivity contribution < 1.29 is 0 Å². The number of aryl methyl sites for hydroxylation is 1. The van der Waals surface area contributed by atoms with E-state index >= 15 is 0 Å². The molecule has 4 fully saturated rings. The van der Waals surface area contributed by atoms with E-state index in [0.29, 0.717) is 5.54 Å². The highest BCUT2D eigenvalue weighted by Gasteiger charge is 2.51. The van der Waals surface area contributed by atoms with Gasteiger partial charge in [0.2, 0.25) is 0 Å². The number of pyridine rings is 1. The molecular weight excluding hydrogens is 300 g/mol. The van der Waals surface area contributed by atoms with Crippen molar-refractivity contribution in [1.29, 1.82) is 0 Å². The number of rotatable bonds is 2. The van der Waals surface area contributed by atoms with Crippen molar-refractivity contribution in [2.24, 2.45) is 17.8 Å². The van der Waals surface area contributed by atoms with Crippen LogP contribution in [-0.2, 0) is 0 Å². The van der Waals surface area contributed by atoms with Crippen LogP contribution < -0.4 is 5.32 Å². The van der Waals surface area contributed by atoms with E-state index in [9.17, 15) is 0 Å². The molecule has 4 aliphatic rings. The standard InChI is InChI=1S/C16H21BrN2/c1-10-14(17)2-3-15(18-10)19-16-7-11-4-12(8-16)6-13(5-11)9-16/h2-3,11-13H,4-9H2,1H3,(H,18,19). The summed E-state index contributed by atoms with van der Waals surface area (Å²) in [7, 11) is 0. The molecule has 4 saturated carbocycles. The van der Waals surface area contributed by atoms with Crippen LogP contribution in [0.3, 0.4) is 0 Å². The number of nitrogens with zero attached hydrogens (tertiary/aromatic N) is 1. The van der Waals surface area contributed by atoms with Gasteiger partial charge in [0.1, 0.15) is 5.82 Å². The van der Waals surface area contributed by atoms with Gasteiger partial charge in [0, 0.05) is 10.0 Å². The van der Waals surface area contributed by atoms with Crippen molar-refractivity contribution in [3.63, 3.8) is 0 Å². The Morgan fingerprint density at radius 2 is 1.68 bits per heavy atom. The Labute approximate surface area is 123 Å². The molecule has 1 aromatic rings. The first-order valence-electron chi connectivity index (χ1n) is 7.53. The maximum Gasteiger partial charge on any atom is 0.126 e. The molecule has 0 amide bonds. The minimum absolute atomic E-state index is 0.363. The molecule has 0 radical (unpaired) electrons. The number of hydrogen-bond acceptors (Lipinski definition) is 2. The average molecular weight is 321 g/mol. The van der Waals surface area contributed by atoms with Gasteiger partial charge in [-0.15, -0.1) is 0 Å². The Balaban J connectivity index is 1.60. The second-order valence-corrected chi connectivity index (χ2v) is 7.94. The predicted octanol–water partition coefficient (Wildman–Crippen LogP) is 4.53. The molecule has 3 heteroatoms. The monoisotopic (exact) mass is 320 g/mol. The largest absolute Gasteiger partial charge is 0.365 e. The van der Waals surface area contributed by atoms with Crippen molar-refractivity contribution in [1.82, 2.24) is 4.98 Å². The van der Waals surface area contributed by atoms with Crippen LogP contribution in [0.2, 0.25) is 0 Å². The fraction of sp³-hybridized carbons (Fsp3) is 0.688. The van der Waals surface area contributed by atoms with E-state index < -0.39 is 0 Å². The Bertz CT molecular complexity index is 476. The molecule has 1 aromatic heterocycles. The average Bonchev–Trinajstić information content (AvgIpc) is 2.31. The van der Waals surface area contributed by atoms with Gasteiger partial charge in [0.15, 0.2) is 0 Å². The minimum Gasteiger partial charge on any atom is -0.365 e. The highest BCUT2D eigenvalue weighted by Crippen LogP contribution is 2.56. The van der Waals surface area contributed by atoms with Crippen LogP contribution in [0.4, 0.5) is 5.82 Å². The molecule has 5 rings (SSSR count). The summed E-state index contributed by atoms with van der Waals surface area (Å²) in [5.41, 5.74) is 1.44. The number of anilines is 1. The molecule has 2 nitrogen and oxygen atoms in total. The third-order valence-electron chi connectivity index (χ3n) is 5.45. The predicted molar refractivity (Wildman–Crippen MR) is 81.2 cm³/mol. The summed E-state index contributed by atoms with van der Waals surface area (Å²) in [6, 6.07) is 4.24. The number of hydrogen-bond donors (Lipinski definition) is 1. The zero-order valence-electron chi connectivity index (χ0n) is 11.5. The van der Waals surface area contributed by atoms with Crippen LogP contribution in [0.15, 0.2) is 16.6 Å². The van der Waals surface area contributed by atoms with Crippen LogP contribution in [0.1, 0.15) is 44.2 Å². The quantitative estimate of drug-likeness (QED) is 0.865. The molecule has 0 unspecified atom stereocenters. The lowest BCUT2D eigenvalue weighted by Gasteiger charge is -2.57. The summed E-state index contributed by atoms with van der Waals surface area (Å²) < 4.78 is 1.10. The zero-order valence-corrected chi connectivity index (χ0v) is 13.0. The van der Waals surface area contributed by atoms with Gasteiger partial charge in [-0.3, -0.25) is 0 Å². The van der Waals surface area contributed by atoms with Crippen molar-refractivity contribution in [3.05, 3.63) is 22.3 Å².